The van der Waals surface area contributed by atoms with Crippen molar-refractivity contribution in [1.82, 2.24) is 4.90 Å². The maximum Gasteiger partial charge on any atom is 0.277 e. The van der Waals surface area contributed by atoms with Crippen LogP contribution in [0.25, 0.3) is 0 Å². The molecule has 8 heteroatoms. The number of nitrogens with one attached hydrogen (secondary N) is 1. The van der Waals surface area contributed by atoms with Crippen LogP contribution in [0, 0.1) is 0 Å². The maximum absolute atomic E-state index is 11.9. The Morgan fingerprint density at radius 2 is 1.95 bits per heavy atom. The summed E-state index contributed by atoms with van der Waals surface area (Å²) in [5.74, 6) is -1.42. The highest BCUT2D eigenvalue weighted by Gasteiger charge is 2.31. The third-order valence-corrected chi connectivity index (χ3v) is 3.14. The molecule has 2 amide bonds. The van der Waals surface area contributed by atoms with Crippen molar-refractivity contribution in [2.24, 2.45) is 0 Å². The Bertz CT molecular complexity index is 616. The molecule has 6 nitrogen and oxygen atoms in total. The number of phenols is 1. The molecule has 0 bridgehead atoms. The molecule has 0 aromatic heterocycles. The molecule has 1 aromatic rings. The van der Waals surface area contributed by atoms with Crippen molar-refractivity contribution in [1.29, 1.82) is 0 Å². The number of halogens is 2. The molecule has 0 saturated carbocycles. The van der Waals surface area contributed by atoms with Crippen LogP contribution in [0.5, 0.6) is 5.75 Å². The number of nitrogens with zero attached hydrogens (tertiary/aromatic N) is 1. The van der Waals surface area contributed by atoms with E-state index in [9.17, 15) is 14.7 Å². The molecule has 0 atom stereocenters. The molecule has 3 N–H and O–H groups in total. The van der Waals surface area contributed by atoms with Gasteiger partial charge in [-0.1, -0.05) is 23.2 Å². The molecule has 0 radical (unpaired) electrons. The molecule has 0 fully saturated rings. The zero-order valence-corrected chi connectivity index (χ0v) is 11.6. The third kappa shape index (κ3) is 2.72. The Balaban J connectivity index is 2.26. The summed E-state index contributed by atoms with van der Waals surface area (Å²) in [6.07, 6.45) is 1.08. The van der Waals surface area contributed by atoms with E-state index in [1.165, 1.54) is 12.1 Å². The summed E-state index contributed by atoms with van der Waals surface area (Å²) < 4.78 is 0. The van der Waals surface area contributed by atoms with Crippen molar-refractivity contribution < 1.29 is 19.8 Å². The monoisotopic (exact) mass is 316 g/mol. The molecular weight excluding hydrogens is 307 g/mol. The van der Waals surface area contributed by atoms with E-state index in [0.717, 1.165) is 11.0 Å². The smallest absolute Gasteiger partial charge is 0.277 e. The van der Waals surface area contributed by atoms with Crippen molar-refractivity contribution in [2.75, 3.05) is 18.5 Å². The van der Waals surface area contributed by atoms with Gasteiger partial charge in [0.2, 0.25) is 0 Å². The van der Waals surface area contributed by atoms with Gasteiger partial charge in [0, 0.05) is 11.1 Å². The summed E-state index contributed by atoms with van der Waals surface area (Å²) in [4.78, 5) is 24.3. The molecule has 1 aliphatic heterocycles. The minimum Gasteiger partial charge on any atom is -0.504 e. The topological polar surface area (TPSA) is 89.9 Å². The van der Waals surface area contributed by atoms with Crippen molar-refractivity contribution in [2.45, 2.75) is 0 Å². The van der Waals surface area contributed by atoms with Crippen LogP contribution in [0.15, 0.2) is 23.9 Å². The van der Waals surface area contributed by atoms with Gasteiger partial charge in [0.05, 0.1) is 23.9 Å². The van der Waals surface area contributed by atoms with Crippen LogP contribution in [0.1, 0.15) is 0 Å². The first kappa shape index (κ1) is 14.6. The largest absolute Gasteiger partial charge is 0.504 e. The van der Waals surface area contributed by atoms with Crippen LogP contribution >= 0.6 is 23.2 Å². The van der Waals surface area contributed by atoms with E-state index in [-0.39, 0.29) is 40.3 Å². The van der Waals surface area contributed by atoms with Gasteiger partial charge < -0.3 is 15.5 Å². The molecule has 1 heterocycles. The van der Waals surface area contributed by atoms with Gasteiger partial charge in [0.25, 0.3) is 11.8 Å². The molecule has 0 aliphatic carbocycles. The first-order valence-electron chi connectivity index (χ1n) is 5.57. The summed E-state index contributed by atoms with van der Waals surface area (Å²) in [7, 11) is 0. The minimum absolute atomic E-state index is 0.0181. The lowest BCUT2D eigenvalue weighted by Crippen LogP contribution is -2.34. The van der Waals surface area contributed by atoms with Gasteiger partial charge >= 0.3 is 0 Å². The second-order valence-electron chi connectivity index (χ2n) is 3.99. The van der Waals surface area contributed by atoms with Crippen LogP contribution in [0.4, 0.5) is 5.69 Å². The highest BCUT2D eigenvalue weighted by molar-refractivity contribution is 6.36. The Morgan fingerprint density at radius 1 is 1.25 bits per heavy atom. The fourth-order valence-corrected chi connectivity index (χ4v) is 2.21. The lowest BCUT2D eigenvalue weighted by Gasteiger charge is -2.14. The summed E-state index contributed by atoms with van der Waals surface area (Å²) >= 11 is 11.6. The van der Waals surface area contributed by atoms with Gasteiger partial charge in [-0.3, -0.25) is 14.5 Å². The highest BCUT2D eigenvalue weighted by atomic mass is 35.5. The molecule has 0 saturated heterocycles. The number of imide groups is 1. The lowest BCUT2D eigenvalue weighted by atomic mass is 10.2. The molecule has 1 aromatic carbocycles. The summed E-state index contributed by atoms with van der Waals surface area (Å²) in [5.41, 5.74) is 0.0813. The zero-order chi connectivity index (χ0) is 14.9. The number of carbonyl (C=O) groups is 2. The highest BCUT2D eigenvalue weighted by Crippen LogP contribution is 2.36. The summed E-state index contributed by atoms with van der Waals surface area (Å²) in [6, 6.07) is 2.72. The average molecular weight is 317 g/mol. The normalized spacial score (nSPS) is 14.8. The second-order valence-corrected chi connectivity index (χ2v) is 4.83. The molecule has 20 heavy (non-hydrogen) atoms. The van der Waals surface area contributed by atoms with E-state index in [1.807, 2.05) is 0 Å². The van der Waals surface area contributed by atoms with Crippen LogP contribution in [0.3, 0.4) is 0 Å². The molecule has 2 rings (SSSR count). The summed E-state index contributed by atoms with van der Waals surface area (Å²) in [6.45, 7) is -0.422. The van der Waals surface area contributed by atoms with Crippen LogP contribution in [-0.2, 0) is 9.59 Å². The SMILES string of the molecule is O=C1C=C(Nc2cc(Cl)cc(Cl)c2O)C(=O)N1CCO. The Morgan fingerprint density at radius 3 is 2.60 bits per heavy atom. The van der Waals surface area contributed by atoms with Gasteiger partial charge in [0.15, 0.2) is 5.75 Å². The van der Waals surface area contributed by atoms with Crippen LogP contribution in [0.2, 0.25) is 10.0 Å². The van der Waals surface area contributed by atoms with Gasteiger partial charge in [-0.15, -0.1) is 0 Å². The van der Waals surface area contributed by atoms with E-state index in [2.05, 4.69) is 5.32 Å². The number of amides is 2. The Labute approximate surface area is 124 Å². The number of phenolic OH excluding ortho intramolecular Hbond substituents is 1. The number of rotatable bonds is 4. The first-order valence-corrected chi connectivity index (χ1v) is 6.33. The van der Waals surface area contributed by atoms with Crippen molar-refractivity contribution >= 4 is 40.7 Å². The number of benzene rings is 1. The molecule has 0 unspecified atom stereocenters. The number of aliphatic hydroxyl groups is 1. The average Bonchev–Trinajstić information content (AvgIpc) is 2.63. The van der Waals surface area contributed by atoms with Crippen LogP contribution in [-0.4, -0.2) is 40.1 Å². The zero-order valence-electron chi connectivity index (χ0n) is 10.1. The van der Waals surface area contributed by atoms with E-state index in [4.69, 9.17) is 28.3 Å². The van der Waals surface area contributed by atoms with Crippen molar-refractivity contribution in [3.8, 4) is 5.75 Å². The fraction of sp³-hybridized carbons (Fsp3) is 0.167. The number of carbonyl (C=O) groups excluding carboxylic acids is 2. The minimum atomic E-state index is -0.598. The molecule has 0 spiro atoms. The van der Waals surface area contributed by atoms with E-state index in [1.54, 1.807) is 0 Å². The van der Waals surface area contributed by atoms with E-state index >= 15 is 0 Å². The predicted molar refractivity (Wildman–Crippen MR) is 73.6 cm³/mol. The number of hydrogen-bond donors (Lipinski definition) is 3. The molecule has 1 aliphatic rings. The quantitative estimate of drug-likeness (QED) is 0.576. The van der Waals surface area contributed by atoms with Crippen molar-refractivity contribution in [3.63, 3.8) is 0 Å². The Hall–Kier alpha value is -1.76. The second kappa shape index (κ2) is 5.70. The Kier molecular flexibility index (Phi) is 4.17. The summed E-state index contributed by atoms with van der Waals surface area (Å²) in [5, 5.41) is 21.5. The van der Waals surface area contributed by atoms with Gasteiger partial charge in [0.1, 0.15) is 5.70 Å². The third-order valence-electron chi connectivity index (χ3n) is 2.63. The van der Waals surface area contributed by atoms with Crippen molar-refractivity contribution in [3.05, 3.63) is 34.0 Å². The molecular formula is C12H10Cl2N2O4. The number of aromatic hydroxyl groups is 1. The van der Waals surface area contributed by atoms with E-state index < -0.39 is 11.8 Å². The first-order chi connectivity index (χ1) is 9.43. The van der Waals surface area contributed by atoms with Gasteiger partial charge in [-0.25, -0.2) is 0 Å². The maximum atomic E-state index is 11.9. The standard InChI is InChI=1S/C12H10Cl2N2O4/c13-6-3-7(14)11(19)8(4-6)15-9-5-10(18)16(1-2-17)12(9)20/h3-5,15,17,19H,1-2H2. The van der Waals surface area contributed by atoms with Gasteiger partial charge in [-0.05, 0) is 12.1 Å². The fourth-order valence-electron chi connectivity index (χ4n) is 1.72. The van der Waals surface area contributed by atoms with E-state index in [0.29, 0.717) is 0 Å². The predicted octanol–water partition coefficient (Wildman–Crippen LogP) is 1.36. The van der Waals surface area contributed by atoms with Gasteiger partial charge in [-0.2, -0.15) is 0 Å². The molecule has 106 valence electrons. The van der Waals surface area contributed by atoms with Crippen LogP contribution < -0.4 is 5.32 Å². The lowest BCUT2D eigenvalue weighted by molar-refractivity contribution is -0.137. The number of hydrogen-bond acceptors (Lipinski definition) is 5. The number of anilines is 1. The number of β-amino-alcohol motifs (C(OH)–C–C–N with tert-alkyl or cyclic N) is 1. The number of aliphatic hydroxyl groups excluding tert-OH is 1.